The number of esters is 2. The van der Waals surface area contributed by atoms with Crippen molar-refractivity contribution in [1.82, 2.24) is 0 Å². The Kier molecular flexibility index (Phi) is 9.11. The minimum Gasteiger partial charge on any atom is -0.462 e. The summed E-state index contributed by atoms with van der Waals surface area (Å²) in [5, 5.41) is 18.2. The monoisotopic (exact) mass is 278 g/mol. The van der Waals surface area contributed by atoms with Crippen LogP contribution < -0.4 is 0 Å². The molecule has 7 nitrogen and oxygen atoms in total. The fourth-order valence-electron chi connectivity index (χ4n) is 1.87. The molecule has 0 spiro atoms. The van der Waals surface area contributed by atoms with Crippen LogP contribution in [0.2, 0.25) is 0 Å². The summed E-state index contributed by atoms with van der Waals surface area (Å²) >= 11 is 0. The zero-order valence-corrected chi connectivity index (χ0v) is 11.6. The first-order valence-corrected chi connectivity index (χ1v) is 6.41. The minimum absolute atomic E-state index is 0.0648. The smallest absolute Gasteiger partial charge is 0.361 e. The van der Waals surface area contributed by atoms with Crippen LogP contribution in [0.5, 0.6) is 0 Å². The highest BCUT2D eigenvalue weighted by Crippen LogP contribution is 2.08. The lowest BCUT2D eigenvalue weighted by Crippen LogP contribution is -2.57. The summed E-state index contributed by atoms with van der Waals surface area (Å²) in [6, 6.07) is 0. The van der Waals surface area contributed by atoms with Crippen LogP contribution in [-0.2, 0) is 19.1 Å². The van der Waals surface area contributed by atoms with Crippen molar-refractivity contribution in [2.45, 2.75) is 13.8 Å². The van der Waals surface area contributed by atoms with Crippen LogP contribution in [-0.4, -0.2) is 79.2 Å². The van der Waals surface area contributed by atoms with E-state index in [2.05, 4.69) is 0 Å². The Bertz CT molecular complexity index is 253. The Morgan fingerprint density at radius 1 is 0.895 bits per heavy atom. The highest BCUT2D eigenvalue weighted by atomic mass is 16.5. The first-order valence-electron chi connectivity index (χ1n) is 6.41. The van der Waals surface area contributed by atoms with Crippen molar-refractivity contribution in [3.05, 3.63) is 0 Å². The molecule has 112 valence electrons. The molecular weight excluding hydrogens is 254 g/mol. The molecule has 0 rings (SSSR count). The molecule has 2 N–H and O–H groups in total. The zero-order valence-electron chi connectivity index (χ0n) is 11.6. The summed E-state index contributed by atoms with van der Waals surface area (Å²) in [7, 11) is 0. The van der Waals surface area contributed by atoms with Crippen molar-refractivity contribution < 1.29 is 33.8 Å². The molecule has 19 heavy (non-hydrogen) atoms. The van der Waals surface area contributed by atoms with Gasteiger partial charge < -0.3 is 24.2 Å². The summed E-state index contributed by atoms with van der Waals surface area (Å²) in [5.74, 6) is -0.928. The van der Waals surface area contributed by atoms with E-state index in [1.165, 1.54) is 0 Å². The van der Waals surface area contributed by atoms with E-state index >= 15 is 0 Å². The normalized spacial score (nSPS) is 11.2. The predicted octanol–water partition coefficient (Wildman–Crippen LogP) is -1.09. The highest BCUT2D eigenvalue weighted by Gasteiger charge is 2.33. The Morgan fingerprint density at radius 2 is 1.26 bits per heavy atom. The molecule has 0 aromatic carbocycles. The van der Waals surface area contributed by atoms with Gasteiger partial charge in [-0.15, -0.1) is 0 Å². The molecule has 0 aromatic rings. The lowest BCUT2D eigenvalue weighted by Gasteiger charge is -2.35. The van der Waals surface area contributed by atoms with Gasteiger partial charge in [0.25, 0.3) is 0 Å². The van der Waals surface area contributed by atoms with Gasteiger partial charge in [-0.1, -0.05) is 0 Å². The van der Waals surface area contributed by atoms with Crippen molar-refractivity contribution in [3.63, 3.8) is 0 Å². The second-order valence-corrected chi connectivity index (χ2v) is 4.16. The van der Waals surface area contributed by atoms with Gasteiger partial charge in [0.15, 0.2) is 13.1 Å². The zero-order chi connectivity index (χ0) is 14.7. The molecule has 7 heteroatoms. The van der Waals surface area contributed by atoms with E-state index in [4.69, 9.17) is 19.7 Å². The van der Waals surface area contributed by atoms with Crippen molar-refractivity contribution in [2.24, 2.45) is 0 Å². The number of ether oxygens (including phenoxy) is 2. The maximum absolute atomic E-state index is 11.6. The van der Waals surface area contributed by atoms with Crippen molar-refractivity contribution >= 4 is 11.9 Å². The third-order valence-electron chi connectivity index (χ3n) is 2.69. The number of carbonyl (C=O) groups excluding carboxylic acids is 2. The standard InChI is InChI=1S/C12H24NO6/c1-3-18-11(16)9-13(5-7-14,6-8-15)10-12(17)19-4-2/h14-15H,3-10H2,1-2H3/q+1. The summed E-state index contributed by atoms with van der Waals surface area (Å²) in [6.45, 7) is 3.69. The van der Waals surface area contributed by atoms with Crippen LogP contribution in [0.25, 0.3) is 0 Å². The summed E-state index contributed by atoms with van der Waals surface area (Å²) < 4.78 is 9.66. The molecular formula is C12H24NO6+. The molecule has 0 bridgehead atoms. The number of aliphatic hydroxyl groups is 2. The molecule has 0 aliphatic heterocycles. The molecule has 0 fully saturated rings. The first-order chi connectivity index (χ1) is 9.03. The van der Waals surface area contributed by atoms with Gasteiger partial charge in [-0.3, -0.25) is 0 Å². The lowest BCUT2D eigenvalue weighted by molar-refractivity contribution is -0.915. The minimum atomic E-state index is -0.464. The number of aliphatic hydroxyl groups excluding tert-OH is 2. The lowest BCUT2D eigenvalue weighted by atomic mass is 10.3. The first kappa shape index (κ1) is 17.8. The largest absolute Gasteiger partial charge is 0.462 e. The summed E-state index contributed by atoms with van der Waals surface area (Å²) in [4.78, 5) is 23.2. The van der Waals surface area contributed by atoms with Crippen LogP contribution in [0.1, 0.15) is 13.8 Å². The maximum Gasteiger partial charge on any atom is 0.361 e. The van der Waals surface area contributed by atoms with Crippen LogP contribution in [0.4, 0.5) is 0 Å². The van der Waals surface area contributed by atoms with Gasteiger partial charge in [0.1, 0.15) is 13.1 Å². The van der Waals surface area contributed by atoms with E-state index in [0.29, 0.717) is 0 Å². The van der Waals surface area contributed by atoms with Gasteiger partial charge in [-0.05, 0) is 13.8 Å². The second-order valence-electron chi connectivity index (χ2n) is 4.16. The van der Waals surface area contributed by atoms with E-state index in [9.17, 15) is 9.59 Å². The number of hydrogen-bond acceptors (Lipinski definition) is 6. The maximum atomic E-state index is 11.6. The topological polar surface area (TPSA) is 93.1 Å². The Labute approximate surface area is 113 Å². The van der Waals surface area contributed by atoms with Crippen LogP contribution in [0.15, 0.2) is 0 Å². The summed E-state index contributed by atoms with van der Waals surface area (Å²) in [6.07, 6.45) is 0. The van der Waals surface area contributed by atoms with E-state index in [1.54, 1.807) is 13.8 Å². The molecule has 0 saturated heterocycles. The van der Waals surface area contributed by atoms with Gasteiger partial charge >= 0.3 is 11.9 Å². The van der Waals surface area contributed by atoms with Crippen molar-refractivity contribution in [1.29, 1.82) is 0 Å². The molecule has 0 amide bonds. The number of quaternary nitrogens is 1. The van der Waals surface area contributed by atoms with Gasteiger partial charge in [0.2, 0.25) is 0 Å². The van der Waals surface area contributed by atoms with Crippen LogP contribution in [0, 0.1) is 0 Å². The van der Waals surface area contributed by atoms with E-state index < -0.39 is 11.9 Å². The molecule has 0 atom stereocenters. The van der Waals surface area contributed by atoms with Crippen LogP contribution in [0.3, 0.4) is 0 Å². The molecule has 0 aliphatic rings. The van der Waals surface area contributed by atoms with Gasteiger partial charge in [-0.25, -0.2) is 9.59 Å². The Morgan fingerprint density at radius 3 is 1.53 bits per heavy atom. The third-order valence-corrected chi connectivity index (χ3v) is 2.69. The Hall–Kier alpha value is -1.18. The van der Waals surface area contributed by atoms with E-state index in [1.807, 2.05) is 0 Å². The third kappa shape index (κ3) is 7.09. The average molecular weight is 278 g/mol. The van der Waals surface area contributed by atoms with Crippen molar-refractivity contribution in [3.8, 4) is 0 Å². The van der Waals surface area contributed by atoms with Gasteiger partial charge in [0.05, 0.1) is 26.4 Å². The SMILES string of the molecule is CCOC(=O)C[N+](CCO)(CCO)CC(=O)OCC. The van der Waals surface area contributed by atoms with E-state index in [-0.39, 0.29) is 57.1 Å². The van der Waals surface area contributed by atoms with Gasteiger partial charge in [-0.2, -0.15) is 0 Å². The second kappa shape index (κ2) is 9.71. The number of nitrogens with zero attached hydrogens (tertiary/aromatic N) is 1. The molecule has 0 unspecified atom stereocenters. The molecule has 0 aromatic heterocycles. The van der Waals surface area contributed by atoms with Gasteiger partial charge in [0, 0.05) is 0 Å². The quantitative estimate of drug-likeness (QED) is 0.390. The molecule has 0 radical (unpaired) electrons. The fourth-order valence-corrected chi connectivity index (χ4v) is 1.87. The average Bonchev–Trinajstić information content (AvgIpc) is 2.29. The summed E-state index contributed by atoms with van der Waals surface area (Å²) in [5.41, 5.74) is 0. The Balaban J connectivity index is 4.83. The predicted molar refractivity (Wildman–Crippen MR) is 67.2 cm³/mol. The van der Waals surface area contributed by atoms with Crippen LogP contribution >= 0.6 is 0 Å². The number of carbonyl (C=O) groups is 2. The number of rotatable bonds is 10. The van der Waals surface area contributed by atoms with Crippen molar-refractivity contribution in [2.75, 3.05) is 52.6 Å². The molecule has 0 heterocycles. The number of hydrogen-bond donors (Lipinski definition) is 2. The van der Waals surface area contributed by atoms with E-state index in [0.717, 1.165) is 0 Å². The fraction of sp³-hybridized carbons (Fsp3) is 0.833. The molecule has 0 saturated carbocycles. The highest BCUT2D eigenvalue weighted by molar-refractivity contribution is 5.73. The molecule has 0 aliphatic carbocycles.